The molecule has 4 rings (SSSR count). The lowest BCUT2D eigenvalue weighted by atomic mass is 9.58. The molecule has 1 atom stereocenters. The fraction of sp³-hybridized carbons (Fsp3) is 0.737. The fourth-order valence-electron chi connectivity index (χ4n) is 4.96. The molecule has 0 bridgehead atoms. The van der Waals surface area contributed by atoms with Gasteiger partial charge >= 0.3 is 12.2 Å². The van der Waals surface area contributed by atoms with Crippen molar-refractivity contribution in [3.8, 4) is 0 Å². The van der Waals surface area contributed by atoms with Crippen LogP contribution >= 0.6 is 0 Å². The fourth-order valence-corrected chi connectivity index (χ4v) is 4.96. The third-order valence-electron chi connectivity index (χ3n) is 6.67. The first-order valence-electron chi connectivity index (χ1n) is 10.0. The summed E-state index contributed by atoms with van der Waals surface area (Å²) >= 11 is 0. The van der Waals surface area contributed by atoms with E-state index in [1.54, 1.807) is 11.1 Å². The standard InChI is InChI=1S/C19H26F3N5O/c20-19(21,22)15-6-12-27(13-18(15)7-2-8-18)17(28)24-14-4-10-26(11-5-14)16-3-1-9-23-25-16/h1,3,9,14-15H,2,4-8,10-13H2,(H,24,28). The number of carbonyl (C=O) groups is 1. The number of hydrogen-bond donors (Lipinski definition) is 1. The summed E-state index contributed by atoms with van der Waals surface area (Å²) in [6.07, 6.45) is 1.00. The molecule has 6 nitrogen and oxygen atoms in total. The zero-order valence-electron chi connectivity index (χ0n) is 15.8. The maximum absolute atomic E-state index is 13.4. The Morgan fingerprint density at radius 2 is 1.93 bits per heavy atom. The quantitative estimate of drug-likeness (QED) is 0.833. The minimum absolute atomic E-state index is 0.0159. The number of likely N-dealkylation sites (tertiary alicyclic amines) is 1. The normalized spacial score (nSPS) is 25.5. The Kier molecular flexibility index (Phi) is 5.09. The predicted octanol–water partition coefficient (Wildman–Crippen LogP) is 3.21. The second-order valence-electron chi connectivity index (χ2n) is 8.31. The number of amides is 2. The Bertz CT molecular complexity index is 687. The van der Waals surface area contributed by atoms with Gasteiger partial charge in [-0.3, -0.25) is 0 Å². The Morgan fingerprint density at radius 3 is 2.50 bits per heavy atom. The van der Waals surface area contributed by atoms with E-state index in [1.165, 1.54) is 0 Å². The lowest BCUT2D eigenvalue weighted by Crippen LogP contribution is -2.60. The van der Waals surface area contributed by atoms with Crippen molar-refractivity contribution in [3.63, 3.8) is 0 Å². The van der Waals surface area contributed by atoms with Gasteiger partial charge in [0.05, 0.1) is 5.92 Å². The van der Waals surface area contributed by atoms with Crippen molar-refractivity contribution in [2.45, 2.75) is 50.7 Å². The number of urea groups is 1. The van der Waals surface area contributed by atoms with Crippen LogP contribution in [0.5, 0.6) is 0 Å². The van der Waals surface area contributed by atoms with E-state index >= 15 is 0 Å². The molecule has 0 radical (unpaired) electrons. The first kappa shape index (κ1) is 19.3. The predicted molar refractivity (Wildman–Crippen MR) is 97.8 cm³/mol. The van der Waals surface area contributed by atoms with E-state index in [9.17, 15) is 18.0 Å². The van der Waals surface area contributed by atoms with E-state index in [0.717, 1.165) is 38.2 Å². The number of carbonyl (C=O) groups excluding carboxylic acids is 1. The summed E-state index contributed by atoms with van der Waals surface area (Å²) in [5.41, 5.74) is -0.761. The summed E-state index contributed by atoms with van der Waals surface area (Å²) in [6.45, 7) is 1.94. The average Bonchev–Trinajstić information content (AvgIpc) is 2.67. The van der Waals surface area contributed by atoms with Gasteiger partial charge in [0.15, 0.2) is 5.82 Å². The Morgan fingerprint density at radius 1 is 1.18 bits per heavy atom. The van der Waals surface area contributed by atoms with Gasteiger partial charge in [-0.25, -0.2) is 4.79 Å². The van der Waals surface area contributed by atoms with Crippen LogP contribution in [0, 0.1) is 11.3 Å². The number of aromatic nitrogens is 2. The zero-order chi connectivity index (χ0) is 19.8. The van der Waals surface area contributed by atoms with Crippen LogP contribution in [0.1, 0.15) is 38.5 Å². The molecule has 2 aliphatic heterocycles. The Labute approximate surface area is 162 Å². The topological polar surface area (TPSA) is 61.4 Å². The number of anilines is 1. The van der Waals surface area contributed by atoms with Crippen LogP contribution in [-0.2, 0) is 0 Å². The maximum atomic E-state index is 13.4. The molecular formula is C19H26F3N5O. The number of nitrogens with zero attached hydrogens (tertiary/aromatic N) is 4. The number of alkyl halides is 3. The molecule has 9 heteroatoms. The van der Waals surface area contributed by atoms with Crippen molar-refractivity contribution in [3.05, 3.63) is 18.3 Å². The highest BCUT2D eigenvalue weighted by Gasteiger charge is 2.58. The van der Waals surface area contributed by atoms with E-state index in [1.807, 2.05) is 12.1 Å². The molecule has 1 saturated carbocycles. The lowest BCUT2D eigenvalue weighted by molar-refractivity contribution is -0.235. The first-order chi connectivity index (χ1) is 13.4. The molecule has 3 heterocycles. The summed E-state index contributed by atoms with van der Waals surface area (Å²) in [4.78, 5) is 16.4. The largest absolute Gasteiger partial charge is 0.392 e. The van der Waals surface area contributed by atoms with Gasteiger partial charge in [-0.1, -0.05) is 6.42 Å². The van der Waals surface area contributed by atoms with Crippen LogP contribution in [0.15, 0.2) is 18.3 Å². The molecule has 154 valence electrons. The van der Waals surface area contributed by atoms with Gasteiger partial charge in [0.1, 0.15) is 0 Å². The van der Waals surface area contributed by atoms with Crippen LogP contribution < -0.4 is 10.2 Å². The number of hydrogen-bond acceptors (Lipinski definition) is 4. The number of nitrogens with one attached hydrogen (secondary N) is 1. The molecule has 2 saturated heterocycles. The highest BCUT2D eigenvalue weighted by molar-refractivity contribution is 5.74. The lowest BCUT2D eigenvalue weighted by Gasteiger charge is -2.54. The van der Waals surface area contributed by atoms with E-state index in [0.29, 0.717) is 12.8 Å². The van der Waals surface area contributed by atoms with E-state index in [4.69, 9.17) is 0 Å². The molecule has 1 aliphatic carbocycles. The van der Waals surface area contributed by atoms with Gasteiger partial charge in [-0.2, -0.15) is 18.3 Å². The molecule has 3 aliphatic rings. The minimum atomic E-state index is -4.17. The van der Waals surface area contributed by atoms with Crippen LogP contribution in [-0.4, -0.2) is 59.5 Å². The molecule has 1 aromatic heterocycles. The van der Waals surface area contributed by atoms with Gasteiger partial charge in [0.2, 0.25) is 0 Å². The third kappa shape index (κ3) is 3.75. The van der Waals surface area contributed by atoms with E-state index in [2.05, 4.69) is 20.4 Å². The molecule has 1 spiro atoms. The number of piperidine rings is 2. The number of rotatable bonds is 2. The summed E-state index contributed by atoms with van der Waals surface area (Å²) in [5.74, 6) is -0.443. The second-order valence-corrected chi connectivity index (χ2v) is 8.31. The van der Waals surface area contributed by atoms with Crippen molar-refractivity contribution >= 4 is 11.8 Å². The maximum Gasteiger partial charge on any atom is 0.392 e. The van der Waals surface area contributed by atoms with Crippen molar-refractivity contribution in [1.29, 1.82) is 0 Å². The van der Waals surface area contributed by atoms with Crippen molar-refractivity contribution in [2.24, 2.45) is 11.3 Å². The summed E-state index contributed by atoms with van der Waals surface area (Å²) in [7, 11) is 0. The van der Waals surface area contributed by atoms with E-state index < -0.39 is 17.5 Å². The van der Waals surface area contributed by atoms with Gasteiger partial charge in [0.25, 0.3) is 0 Å². The summed E-state index contributed by atoms with van der Waals surface area (Å²) in [6, 6.07) is 3.58. The van der Waals surface area contributed by atoms with Crippen LogP contribution in [0.2, 0.25) is 0 Å². The Balaban J connectivity index is 1.30. The number of halogens is 3. The van der Waals surface area contributed by atoms with Crippen molar-refractivity contribution in [1.82, 2.24) is 20.4 Å². The highest BCUT2D eigenvalue weighted by Crippen LogP contribution is 2.56. The molecule has 28 heavy (non-hydrogen) atoms. The van der Waals surface area contributed by atoms with Crippen LogP contribution in [0.3, 0.4) is 0 Å². The van der Waals surface area contributed by atoms with Gasteiger partial charge in [-0.15, -0.1) is 5.10 Å². The first-order valence-corrected chi connectivity index (χ1v) is 10.0. The van der Waals surface area contributed by atoms with E-state index in [-0.39, 0.29) is 31.6 Å². The average molecular weight is 397 g/mol. The molecule has 1 unspecified atom stereocenters. The molecule has 1 N–H and O–H groups in total. The minimum Gasteiger partial charge on any atom is -0.355 e. The Hall–Kier alpha value is -2.06. The monoisotopic (exact) mass is 397 g/mol. The SMILES string of the molecule is O=C(NC1CCN(c2cccnn2)CC1)N1CCC(C(F)(F)F)C2(CCC2)C1. The summed E-state index contributed by atoms with van der Waals surface area (Å²) < 4.78 is 40.2. The highest BCUT2D eigenvalue weighted by atomic mass is 19.4. The molecule has 0 aromatic carbocycles. The van der Waals surface area contributed by atoms with Crippen molar-refractivity contribution < 1.29 is 18.0 Å². The smallest absolute Gasteiger partial charge is 0.355 e. The van der Waals surface area contributed by atoms with Crippen LogP contribution in [0.4, 0.5) is 23.8 Å². The second kappa shape index (κ2) is 7.40. The molecule has 2 amide bonds. The van der Waals surface area contributed by atoms with Crippen molar-refractivity contribution in [2.75, 3.05) is 31.1 Å². The van der Waals surface area contributed by atoms with Gasteiger partial charge in [-0.05, 0) is 49.7 Å². The van der Waals surface area contributed by atoms with Gasteiger partial charge < -0.3 is 15.1 Å². The molecular weight excluding hydrogens is 371 g/mol. The molecule has 1 aromatic rings. The molecule has 3 fully saturated rings. The third-order valence-corrected chi connectivity index (χ3v) is 6.67. The van der Waals surface area contributed by atoms with Gasteiger partial charge in [0, 0.05) is 38.4 Å². The zero-order valence-corrected chi connectivity index (χ0v) is 15.8. The van der Waals surface area contributed by atoms with Crippen LogP contribution in [0.25, 0.3) is 0 Å². The summed E-state index contributed by atoms with van der Waals surface area (Å²) in [5, 5.41) is 11.0.